The van der Waals surface area contributed by atoms with Gasteiger partial charge < -0.3 is 9.47 Å². The second-order valence-corrected chi connectivity index (χ2v) is 8.88. The van der Waals surface area contributed by atoms with Gasteiger partial charge in [0.1, 0.15) is 5.69 Å². The van der Waals surface area contributed by atoms with E-state index in [4.69, 9.17) is 21.1 Å². The molecule has 0 aliphatic rings. The van der Waals surface area contributed by atoms with Crippen LogP contribution in [-0.4, -0.2) is 33.3 Å². The van der Waals surface area contributed by atoms with Crippen LogP contribution >= 0.6 is 11.6 Å². The van der Waals surface area contributed by atoms with Gasteiger partial charge in [-0.25, -0.2) is 8.42 Å². The quantitative estimate of drug-likeness (QED) is 0.228. The van der Waals surface area contributed by atoms with Crippen LogP contribution in [0.4, 0.5) is 17.1 Å². The van der Waals surface area contributed by atoms with E-state index < -0.39 is 20.6 Å². The Morgan fingerprint density at radius 1 is 1.12 bits per heavy atom. The van der Waals surface area contributed by atoms with Crippen molar-refractivity contribution in [2.24, 2.45) is 5.10 Å². The molecule has 0 radical (unpaired) electrons. The summed E-state index contributed by atoms with van der Waals surface area (Å²) in [4.78, 5) is 10.6. The maximum Gasteiger partial charge on any atom is 0.295 e. The lowest BCUT2D eigenvalue weighted by Crippen LogP contribution is -2.13. The van der Waals surface area contributed by atoms with Crippen LogP contribution in [0.25, 0.3) is 0 Å². The molecule has 0 saturated carbocycles. The van der Waals surface area contributed by atoms with Crippen molar-refractivity contribution in [1.82, 2.24) is 0 Å². The van der Waals surface area contributed by atoms with Crippen LogP contribution in [0.5, 0.6) is 11.5 Å². The van der Waals surface area contributed by atoms with E-state index in [0.717, 1.165) is 6.07 Å². The average Bonchev–Trinajstić information content (AvgIpc) is 2.79. The molecule has 0 aliphatic carbocycles. The predicted octanol–water partition coefficient (Wildman–Crippen LogP) is 4.90. The SMILES string of the molecule is CCOc1ccc(C=NNc2ccc(S(=O)(=O)Nc3cccc(Cl)c3)cc2[N+](=O)[O-])cc1OC. The lowest BCUT2D eigenvalue weighted by Gasteiger charge is -2.10. The molecule has 10 nitrogen and oxygen atoms in total. The molecule has 2 N–H and O–H groups in total. The van der Waals surface area contributed by atoms with Crippen LogP contribution in [0.3, 0.4) is 0 Å². The van der Waals surface area contributed by atoms with Crippen LogP contribution in [-0.2, 0) is 10.0 Å². The molecule has 3 rings (SSSR count). The molecule has 3 aromatic carbocycles. The third kappa shape index (κ3) is 6.15. The third-order valence-electron chi connectivity index (χ3n) is 4.44. The van der Waals surface area contributed by atoms with E-state index in [0.29, 0.717) is 28.7 Å². The molecule has 0 amide bonds. The first-order chi connectivity index (χ1) is 16.2. The Morgan fingerprint density at radius 2 is 1.91 bits per heavy atom. The Kier molecular flexibility index (Phi) is 7.92. The summed E-state index contributed by atoms with van der Waals surface area (Å²) in [6.07, 6.45) is 1.44. The van der Waals surface area contributed by atoms with Crippen LogP contribution in [0.15, 0.2) is 70.7 Å². The Balaban J connectivity index is 1.81. The summed E-state index contributed by atoms with van der Waals surface area (Å²) in [6, 6.07) is 14.7. The average molecular weight is 505 g/mol. The smallest absolute Gasteiger partial charge is 0.295 e. The van der Waals surface area contributed by atoms with Gasteiger partial charge in [0.25, 0.3) is 15.7 Å². The summed E-state index contributed by atoms with van der Waals surface area (Å²) in [5.41, 5.74) is 3.01. The second-order valence-electron chi connectivity index (χ2n) is 6.77. The van der Waals surface area contributed by atoms with Gasteiger partial charge >= 0.3 is 0 Å². The first-order valence-corrected chi connectivity index (χ1v) is 11.8. The van der Waals surface area contributed by atoms with Gasteiger partial charge in [0.05, 0.1) is 35.4 Å². The summed E-state index contributed by atoms with van der Waals surface area (Å²) in [6.45, 7) is 2.34. The highest BCUT2D eigenvalue weighted by atomic mass is 35.5. The molecule has 0 bridgehead atoms. The molecule has 0 aliphatic heterocycles. The highest BCUT2D eigenvalue weighted by Gasteiger charge is 2.21. The van der Waals surface area contributed by atoms with E-state index >= 15 is 0 Å². The number of hydrogen-bond acceptors (Lipinski definition) is 8. The van der Waals surface area contributed by atoms with E-state index in [1.54, 1.807) is 30.3 Å². The normalized spacial score (nSPS) is 11.3. The molecule has 34 heavy (non-hydrogen) atoms. The lowest BCUT2D eigenvalue weighted by atomic mass is 10.2. The fraction of sp³-hybridized carbons (Fsp3) is 0.136. The van der Waals surface area contributed by atoms with E-state index in [9.17, 15) is 18.5 Å². The van der Waals surface area contributed by atoms with Gasteiger partial charge in [-0.3, -0.25) is 20.3 Å². The highest BCUT2D eigenvalue weighted by Crippen LogP contribution is 2.30. The van der Waals surface area contributed by atoms with Gasteiger partial charge in [-0.2, -0.15) is 5.10 Å². The minimum atomic E-state index is -4.09. The van der Waals surface area contributed by atoms with Gasteiger partial charge in [0, 0.05) is 11.1 Å². The number of nitrogens with one attached hydrogen (secondary N) is 2. The molecule has 0 saturated heterocycles. The van der Waals surface area contributed by atoms with Crippen molar-refractivity contribution in [3.8, 4) is 11.5 Å². The van der Waals surface area contributed by atoms with E-state index in [-0.39, 0.29) is 16.3 Å². The number of methoxy groups -OCH3 is 1. The zero-order valence-electron chi connectivity index (χ0n) is 18.2. The number of ether oxygens (including phenoxy) is 2. The van der Waals surface area contributed by atoms with Crippen molar-refractivity contribution in [3.05, 3.63) is 81.4 Å². The van der Waals surface area contributed by atoms with Crippen molar-refractivity contribution >= 4 is 44.9 Å². The first-order valence-electron chi connectivity index (χ1n) is 9.90. The summed E-state index contributed by atoms with van der Waals surface area (Å²) in [5.74, 6) is 1.09. The first kappa shape index (κ1) is 24.8. The summed E-state index contributed by atoms with van der Waals surface area (Å²) >= 11 is 5.88. The van der Waals surface area contributed by atoms with Gasteiger partial charge in [0.2, 0.25) is 0 Å². The molecule has 0 spiro atoms. The molecular weight excluding hydrogens is 484 g/mol. The Labute approximate surface area is 201 Å². The van der Waals surface area contributed by atoms with Crippen molar-refractivity contribution in [2.45, 2.75) is 11.8 Å². The number of anilines is 2. The molecule has 0 atom stereocenters. The number of rotatable bonds is 10. The summed E-state index contributed by atoms with van der Waals surface area (Å²) in [7, 11) is -2.58. The lowest BCUT2D eigenvalue weighted by molar-refractivity contribution is -0.384. The number of benzene rings is 3. The fourth-order valence-corrected chi connectivity index (χ4v) is 4.17. The molecule has 0 aromatic heterocycles. The Morgan fingerprint density at radius 3 is 2.59 bits per heavy atom. The molecular formula is C22H21ClN4O6S. The number of nitrogens with zero attached hydrogens (tertiary/aromatic N) is 2. The standard InChI is InChI=1S/C22H21ClN4O6S/c1-3-33-21-10-7-15(11-22(21)32-2)14-24-25-19-9-8-18(13-20(19)27(28)29)34(30,31)26-17-6-4-5-16(23)12-17/h4-14,25-26H,3H2,1-2H3. The summed E-state index contributed by atoms with van der Waals surface area (Å²) < 4.78 is 38.5. The van der Waals surface area contributed by atoms with Crippen LogP contribution < -0.4 is 19.6 Å². The minimum absolute atomic E-state index is 0.0147. The van der Waals surface area contributed by atoms with E-state index in [1.807, 2.05) is 6.92 Å². The number of sulfonamides is 1. The van der Waals surface area contributed by atoms with E-state index in [2.05, 4.69) is 15.2 Å². The maximum absolute atomic E-state index is 12.7. The van der Waals surface area contributed by atoms with Gasteiger partial charge in [-0.15, -0.1) is 0 Å². The molecule has 0 heterocycles. The van der Waals surface area contributed by atoms with Gasteiger partial charge in [0.15, 0.2) is 11.5 Å². The number of halogens is 1. The molecule has 12 heteroatoms. The third-order valence-corrected chi connectivity index (χ3v) is 6.05. The van der Waals surface area contributed by atoms with E-state index in [1.165, 1.54) is 37.6 Å². The number of hydrazone groups is 1. The Hall–Kier alpha value is -3.83. The fourth-order valence-electron chi connectivity index (χ4n) is 2.91. The van der Waals surface area contributed by atoms with Crippen molar-refractivity contribution in [2.75, 3.05) is 23.9 Å². The molecule has 0 unspecified atom stereocenters. The number of nitro groups is 1. The number of hydrogen-bond donors (Lipinski definition) is 2. The minimum Gasteiger partial charge on any atom is -0.493 e. The van der Waals surface area contributed by atoms with Crippen LogP contribution in [0.1, 0.15) is 12.5 Å². The molecule has 178 valence electrons. The van der Waals surface area contributed by atoms with Crippen molar-refractivity contribution in [3.63, 3.8) is 0 Å². The largest absolute Gasteiger partial charge is 0.493 e. The maximum atomic E-state index is 12.7. The molecule has 3 aromatic rings. The monoisotopic (exact) mass is 504 g/mol. The highest BCUT2D eigenvalue weighted by molar-refractivity contribution is 7.92. The number of nitro benzene ring substituents is 1. The predicted molar refractivity (Wildman–Crippen MR) is 131 cm³/mol. The Bertz CT molecular complexity index is 1330. The summed E-state index contributed by atoms with van der Waals surface area (Å²) in [5, 5.41) is 15.9. The zero-order chi connectivity index (χ0) is 24.7. The van der Waals surface area contributed by atoms with Crippen LogP contribution in [0, 0.1) is 10.1 Å². The second kappa shape index (κ2) is 10.9. The van der Waals surface area contributed by atoms with Gasteiger partial charge in [-0.05, 0) is 61.0 Å². The van der Waals surface area contributed by atoms with Crippen molar-refractivity contribution in [1.29, 1.82) is 0 Å². The molecule has 0 fully saturated rings. The van der Waals surface area contributed by atoms with Crippen molar-refractivity contribution < 1.29 is 22.8 Å². The topological polar surface area (TPSA) is 132 Å². The van der Waals surface area contributed by atoms with Crippen LogP contribution in [0.2, 0.25) is 5.02 Å². The zero-order valence-corrected chi connectivity index (χ0v) is 19.8. The van der Waals surface area contributed by atoms with Gasteiger partial charge in [-0.1, -0.05) is 17.7 Å².